The zero-order valence-electron chi connectivity index (χ0n) is 8.36. The van der Waals surface area contributed by atoms with E-state index in [2.05, 4.69) is 0 Å². The van der Waals surface area contributed by atoms with Gasteiger partial charge in [-0.2, -0.15) is 31.6 Å². The van der Waals surface area contributed by atoms with Gasteiger partial charge in [-0.1, -0.05) is 0 Å². The molecule has 0 aliphatic rings. The molecular formula is C10H3F6NO. The third-order valence-corrected chi connectivity index (χ3v) is 2.07. The Morgan fingerprint density at radius 2 is 1.61 bits per heavy atom. The van der Waals surface area contributed by atoms with E-state index in [0.717, 1.165) is 0 Å². The van der Waals surface area contributed by atoms with Crippen LogP contribution >= 0.6 is 0 Å². The lowest BCUT2D eigenvalue weighted by atomic mass is 9.96. The lowest BCUT2D eigenvalue weighted by Crippen LogP contribution is -2.19. The van der Waals surface area contributed by atoms with E-state index in [1.165, 1.54) is 6.07 Å². The molecule has 1 aromatic carbocycles. The van der Waals surface area contributed by atoms with Gasteiger partial charge >= 0.3 is 12.4 Å². The zero-order chi connectivity index (χ0) is 14.1. The largest absolute Gasteiger partial charge is 0.417 e. The highest BCUT2D eigenvalue weighted by Crippen LogP contribution is 2.42. The molecule has 0 aliphatic heterocycles. The molecule has 0 fully saturated rings. The van der Waals surface area contributed by atoms with E-state index in [4.69, 9.17) is 5.26 Å². The minimum Gasteiger partial charge on any atom is -0.298 e. The molecule has 0 amide bonds. The maximum Gasteiger partial charge on any atom is 0.417 e. The second-order valence-electron chi connectivity index (χ2n) is 3.17. The normalized spacial score (nSPS) is 12.1. The van der Waals surface area contributed by atoms with Crippen molar-refractivity contribution in [1.82, 2.24) is 0 Å². The number of nitrogens with zero attached hydrogens (tertiary/aromatic N) is 1. The van der Waals surface area contributed by atoms with Crippen LogP contribution in [0.3, 0.4) is 0 Å². The Morgan fingerprint density at radius 1 is 1.06 bits per heavy atom. The highest BCUT2D eigenvalue weighted by molar-refractivity contribution is 5.82. The number of rotatable bonds is 1. The van der Waals surface area contributed by atoms with E-state index in [9.17, 15) is 31.1 Å². The number of benzene rings is 1. The predicted octanol–water partition coefficient (Wildman–Crippen LogP) is 3.41. The predicted molar refractivity (Wildman–Crippen MR) is 46.5 cm³/mol. The maximum atomic E-state index is 12.6. The lowest BCUT2D eigenvalue weighted by molar-refractivity contribution is -0.162. The first-order valence-electron chi connectivity index (χ1n) is 4.29. The number of halogens is 6. The van der Waals surface area contributed by atoms with Crippen LogP contribution in [0, 0.1) is 11.3 Å². The van der Waals surface area contributed by atoms with Crippen LogP contribution in [0.1, 0.15) is 27.0 Å². The van der Waals surface area contributed by atoms with Crippen molar-refractivity contribution in [2.24, 2.45) is 0 Å². The fourth-order valence-electron chi connectivity index (χ4n) is 1.38. The standard InChI is InChI=1S/C10H3F6NO/c11-9(12,13)7-2-1-5(3-17)6(4-18)8(7)10(14,15)16/h1-2,4H. The van der Waals surface area contributed by atoms with Crippen molar-refractivity contribution in [2.75, 3.05) is 0 Å². The van der Waals surface area contributed by atoms with Gasteiger partial charge < -0.3 is 0 Å². The van der Waals surface area contributed by atoms with Crippen molar-refractivity contribution >= 4 is 6.29 Å². The van der Waals surface area contributed by atoms with E-state index in [-0.39, 0.29) is 6.07 Å². The van der Waals surface area contributed by atoms with Gasteiger partial charge in [0.1, 0.15) is 0 Å². The van der Waals surface area contributed by atoms with E-state index in [1.54, 1.807) is 0 Å². The summed E-state index contributed by atoms with van der Waals surface area (Å²) in [6.07, 6.45) is -11.1. The van der Waals surface area contributed by atoms with Gasteiger partial charge in [-0.3, -0.25) is 4.79 Å². The molecule has 0 aromatic heterocycles. The zero-order valence-corrected chi connectivity index (χ0v) is 8.36. The van der Waals surface area contributed by atoms with Gasteiger partial charge in [0.2, 0.25) is 0 Å². The monoisotopic (exact) mass is 267 g/mol. The maximum absolute atomic E-state index is 12.6. The second kappa shape index (κ2) is 4.33. The molecule has 2 nitrogen and oxygen atoms in total. The Bertz CT molecular complexity index is 523. The first-order valence-corrected chi connectivity index (χ1v) is 4.29. The second-order valence-corrected chi connectivity index (χ2v) is 3.17. The van der Waals surface area contributed by atoms with Gasteiger partial charge in [-0.25, -0.2) is 0 Å². The van der Waals surface area contributed by atoms with E-state index in [1.807, 2.05) is 0 Å². The first kappa shape index (κ1) is 14.0. The van der Waals surface area contributed by atoms with Crippen molar-refractivity contribution in [2.45, 2.75) is 12.4 Å². The molecule has 0 N–H and O–H groups in total. The molecule has 0 saturated carbocycles. The molecule has 0 aliphatic carbocycles. The molecule has 0 heterocycles. The fraction of sp³-hybridized carbons (Fsp3) is 0.200. The molecule has 1 aromatic rings. The van der Waals surface area contributed by atoms with Crippen LogP contribution < -0.4 is 0 Å². The van der Waals surface area contributed by atoms with E-state index >= 15 is 0 Å². The number of hydrogen-bond acceptors (Lipinski definition) is 2. The molecule has 1 rings (SSSR count). The summed E-state index contributed by atoms with van der Waals surface area (Å²) in [5.74, 6) is 0. The number of carbonyl (C=O) groups is 1. The van der Waals surface area contributed by atoms with Crippen molar-refractivity contribution in [1.29, 1.82) is 5.26 Å². The first-order chi connectivity index (χ1) is 8.12. The topological polar surface area (TPSA) is 40.9 Å². The summed E-state index contributed by atoms with van der Waals surface area (Å²) in [6, 6.07) is 1.90. The smallest absolute Gasteiger partial charge is 0.298 e. The molecule has 0 spiro atoms. The van der Waals surface area contributed by atoms with Gasteiger partial charge in [0.15, 0.2) is 6.29 Å². The third-order valence-electron chi connectivity index (χ3n) is 2.07. The highest BCUT2D eigenvalue weighted by Gasteiger charge is 2.45. The molecule has 0 unspecified atom stereocenters. The van der Waals surface area contributed by atoms with Gasteiger partial charge in [-0.15, -0.1) is 0 Å². The number of alkyl halides is 6. The van der Waals surface area contributed by atoms with Crippen LogP contribution in [-0.2, 0) is 12.4 Å². The van der Waals surface area contributed by atoms with Crippen LogP contribution in [0.5, 0.6) is 0 Å². The quantitative estimate of drug-likeness (QED) is 0.578. The molecule has 96 valence electrons. The van der Waals surface area contributed by atoms with Crippen LogP contribution in [0.4, 0.5) is 26.3 Å². The van der Waals surface area contributed by atoms with E-state index in [0.29, 0.717) is 6.07 Å². The van der Waals surface area contributed by atoms with Crippen LogP contribution in [0.25, 0.3) is 0 Å². The lowest BCUT2D eigenvalue weighted by Gasteiger charge is -2.17. The summed E-state index contributed by atoms with van der Waals surface area (Å²) in [6.45, 7) is 0. The average Bonchev–Trinajstić information content (AvgIpc) is 2.24. The van der Waals surface area contributed by atoms with Crippen LogP contribution in [0.2, 0.25) is 0 Å². The molecule has 8 heteroatoms. The number of nitriles is 1. The summed E-state index contributed by atoms with van der Waals surface area (Å²) >= 11 is 0. The Kier molecular flexibility index (Phi) is 3.37. The number of hydrogen-bond donors (Lipinski definition) is 0. The van der Waals surface area contributed by atoms with Crippen molar-refractivity contribution in [3.63, 3.8) is 0 Å². The summed E-state index contributed by atoms with van der Waals surface area (Å²) in [4.78, 5) is 10.5. The van der Waals surface area contributed by atoms with Gasteiger partial charge in [0.05, 0.1) is 22.8 Å². The molecule has 0 bridgehead atoms. The molecular weight excluding hydrogens is 264 g/mol. The minimum absolute atomic E-state index is 0.133. The van der Waals surface area contributed by atoms with Crippen molar-refractivity contribution < 1.29 is 31.1 Å². The Labute approximate surface area is 96.4 Å². The Hall–Kier alpha value is -2.04. The summed E-state index contributed by atoms with van der Waals surface area (Å²) in [7, 11) is 0. The molecule has 0 radical (unpaired) electrons. The summed E-state index contributed by atoms with van der Waals surface area (Å²) in [5.41, 5.74) is -6.19. The van der Waals surface area contributed by atoms with Crippen LogP contribution in [0.15, 0.2) is 12.1 Å². The van der Waals surface area contributed by atoms with Crippen molar-refractivity contribution in [3.05, 3.63) is 34.4 Å². The molecule has 0 atom stereocenters. The van der Waals surface area contributed by atoms with Crippen molar-refractivity contribution in [3.8, 4) is 6.07 Å². The van der Waals surface area contributed by atoms with Crippen LogP contribution in [-0.4, -0.2) is 6.29 Å². The number of aldehydes is 1. The average molecular weight is 267 g/mol. The molecule has 0 saturated heterocycles. The highest BCUT2D eigenvalue weighted by atomic mass is 19.4. The summed E-state index contributed by atoms with van der Waals surface area (Å²) < 4.78 is 75.0. The van der Waals surface area contributed by atoms with Gasteiger partial charge in [0.25, 0.3) is 0 Å². The third kappa shape index (κ3) is 2.45. The minimum atomic E-state index is -5.38. The van der Waals surface area contributed by atoms with Gasteiger partial charge in [0, 0.05) is 5.56 Å². The molecule has 18 heavy (non-hydrogen) atoms. The summed E-state index contributed by atoms with van der Waals surface area (Å²) in [5, 5.41) is 8.48. The Balaban J connectivity index is 3.79. The Morgan fingerprint density at radius 3 is 1.94 bits per heavy atom. The number of carbonyl (C=O) groups excluding carboxylic acids is 1. The fourth-order valence-corrected chi connectivity index (χ4v) is 1.38. The van der Waals surface area contributed by atoms with E-state index < -0.39 is 40.9 Å². The SMILES string of the molecule is N#Cc1ccc(C(F)(F)F)c(C(F)(F)F)c1C=O. The van der Waals surface area contributed by atoms with Gasteiger partial charge in [-0.05, 0) is 12.1 Å².